The van der Waals surface area contributed by atoms with Crippen LogP contribution in [-0.2, 0) is 6.61 Å². The number of alkyl halides is 3. The lowest BCUT2D eigenvalue weighted by Gasteiger charge is -2.25. The van der Waals surface area contributed by atoms with E-state index in [-0.39, 0.29) is 24.8 Å². The van der Waals surface area contributed by atoms with Crippen molar-refractivity contribution in [3.05, 3.63) is 54.0 Å². The minimum Gasteiger partial charge on any atom is -0.487 e. The van der Waals surface area contributed by atoms with E-state index in [1.807, 2.05) is 0 Å². The lowest BCUT2D eigenvalue weighted by atomic mass is 10.2. The summed E-state index contributed by atoms with van der Waals surface area (Å²) in [5, 5.41) is 11.5. The summed E-state index contributed by atoms with van der Waals surface area (Å²) in [6.45, 7) is 0.679. The molecule has 152 valence electrons. The van der Waals surface area contributed by atoms with Crippen LogP contribution in [0.1, 0.15) is 12.5 Å². The van der Waals surface area contributed by atoms with Gasteiger partial charge in [-0.15, -0.1) is 0 Å². The first-order valence-electron chi connectivity index (χ1n) is 8.33. The fraction of sp³-hybridized carbons (Fsp3) is 0.333. The number of ether oxygens (including phenoxy) is 1. The number of aliphatic hydroxyl groups is 1. The Hall–Kier alpha value is -2.88. The molecule has 2 aromatic rings. The molecule has 1 aromatic carbocycles. The van der Waals surface area contributed by atoms with Crippen LogP contribution in [0.4, 0.5) is 28.2 Å². The highest BCUT2D eigenvalue weighted by atomic mass is 19.4. The number of nitrogens with zero attached hydrogens (tertiary/aromatic N) is 2. The van der Waals surface area contributed by atoms with Crippen LogP contribution in [-0.4, -0.2) is 46.4 Å². The molecule has 2 N–H and O–H groups in total. The molecule has 10 heteroatoms. The first kappa shape index (κ1) is 21.4. The number of amides is 2. The quantitative estimate of drug-likeness (QED) is 0.696. The van der Waals surface area contributed by atoms with Gasteiger partial charge in [0.2, 0.25) is 0 Å². The number of hydrogen-bond donors (Lipinski definition) is 2. The number of likely N-dealkylation sites (N-methyl/N-ethyl adjacent to an activating group) is 1. The average molecular weight is 401 g/mol. The Morgan fingerprint density at radius 1 is 1.32 bits per heavy atom. The van der Waals surface area contributed by atoms with Crippen LogP contribution in [0.5, 0.6) is 5.75 Å². The largest absolute Gasteiger partial charge is 0.487 e. The predicted molar refractivity (Wildman–Crippen MR) is 93.3 cm³/mol. The van der Waals surface area contributed by atoms with Crippen molar-refractivity contribution in [2.45, 2.75) is 25.8 Å². The standard InChI is InChI=1S/C18H19F4N3O3/c1-2-25(10-15(26)18(20,21)22)17(27)24-16-7-6-14(9-23-16)28-11-12-4-3-5-13(19)8-12/h3-9,15,26H,2,10-11H2,1H3,(H,23,24,27)/t15-/m1/s1. The van der Waals surface area contributed by atoms with Crippen molar-refractivity contribution in [2.75, 3.05) is 18.4 Å². The summed E-state index contributed by atoms with van der Waals surface area (Å²) < 4.78 is 55.9. The third-order valence-corrected chi connectivity index (χ3v) is 3.71. The molecule has 0 saturated heterocycles. The number of benzene rings is 1. The highest BCUT2D eigenvalue weighted by Crippen LogP contribution is 2.21. The van der Waals surface area contributed by atoms with Gasteiger partial charge in [0, 0.05) is 6.54 Å². The summed E-state index contributed by atoms with van der Waals surface area (Å²) in [6.07, 6.45) is -6.13. The molecule has 28 heavy (non-hydrogen) atoms. The highest BCUT2D eigenvalue weighted by Gasteiger charge is 2.39. The zero-order valence-corrected chi connectivity index (χ0v) is 14.9. The first-order chi connectivity index (χ1) is 13.2. The van der Waals surface area contributed by atoms with E-state index in [4.69, 9.17) is 9.84 Å². The molecule has 0 aliphatic rings. The van der Waals surface area contributed by atoms with E-state index in [1.54, 1.807) is 12.1 Å². The van der Waals surface area contributed by atoms with Gasteiger partial charge in [0.25, 0.3) is 0 Å². The van der Waals surface area contributed by atoms with Crippen LogP contribution in [0.2, 0.25) is 0 Å². The predicted octanol–water partition coefficient (Wildman–Crippen LogP) is 3.58. The number of rotatable bonds is 7. The van der Waals surface area contributed by atoms with Gasteiger partial charge in [0.1, 0.15) is 24.0 Å². The molecular formula is C18H19F4N3O3. The van der Waals surface area contributed by atoms with Crippen molar-refractivity contribution in [2.24, 2.45) is 0 Å². The molecule has 0 aliphatic carbocycles. The van der Waals surface area contributed by atoms with Crippen molar-refractivity contribution >= 4 is 11.8 Å². The Bertz CT molecular complexity index is 784. The molecule has 0 bridgehead atoms. The number of nitrogens with one attached hydrogen (secondary N) is 1. The van der Waals surface area contributed by atoms with E-state index >= 15 is 0 Å². The molecule has 1 heterocycles. The van der Waals surface area contributed by atoms with Crippen LogP contribution < -0.4 is 10.1 Å². The van der Waals surface area contributed by atoms with Gasteiger partial charge in [-0.2, -0.15) is 13.2 Å². The number of urea groups is 1. The number of anilines is 1. The summed E-state index contributed by atoms with van der Waals surface area (Å²) in [5.41, 5.74) is 0.624. The number of hydrogen-bond acceptors (Lipinski definition) is 4. The summed E-state index contributed by atoms with van der Waals surface area (Å²) in [4.78, 5) is 16.8. The van der Waals surface area contributed by atoms with Crippen LogP contribution >= 0.6 is 0 Å². The number of pyridine rings is 1. The molecule has 0 spiro atoms. The molecule has 0 unspecified atom stereocenters. The lowest BCUT2D eigenvalue weighted by molar-refractivity contribution is -0.206. The zero-order valence-electron chi connectivity index (χ0n) is 14.9. The van der Waals surface area contributed by atoms with Crippen LogP contribution in [0, 0.1) is 5.82 Å². The maximum Gasteiger partial charge on any atom is 0.416 e. The van der Waals surface area contributed by atoms with Crippen LogP contribution in [0.3, 0.4) is 0 Å². The third kappa shape index (κ3) is 6.38. The SMILES string of the molecule is CCN(C[C@@H](O)C(F)(F)F)C(=O)Nc1ccc(OCc2cccc(F)c2)cn1. The molecule has 0 aliphatic heterocycles. The van der Waals surface area contributed by atoms with Crippen molar-refractivity contribution in [3.63, 3.8) is 0 Å². The van der Waals surface area contributed by atoms with Gasteiger partial charge in [-0.3, -0.25) is 5.32 Å². The van der Waals surface area contributed by atoms with E-state index in [2.05, 4.69) is 10.3 Å². The number of carbonyl (C=O) groups excluding carboxylic acids is 1. The molecule has 1 atom stereocenters. The minimum absolute atomic E-state index is 0.0339. The Morgan fingerprint density at radius 3 is 2.64 bits per heavy atom. The molecule has 6 nitrogen and oxygen atoms in total. The average Bonchev–Trinajstić information content (AvgIpc) is 2.64. The Morgan fingerprint density at radius 2 is 2.07 bits per heavy atom. The third-order valence-electron chi connectivity index (χ3n) is 3.71. The van der Waals surface area contributed by atoms with Crippen LogP contribution in [0.15, 0.2) is 42.6 Å². The first-order valence-corrected chi connectivity index (χ1v) is 8.33. The fourth-order valence-electron chi connectivity index (χ4n) is 2.19. The topological polar surface area (TPSA) is 74.7 Å². The van der Waals surface area contributed by atoms with E-state index < -0.39 is 24.9 Å². The lowest BCUT2D eigenvalue weighted by Crippen LogP contribution is -2.45. The van der Waals surface area contributed by atoms with Gasteiger partial charge in [-0.1, -0.05) is 12.1 Å². The number of aliphatic hydroxyl groups excluding tert-OH is 1. The number of carbonyl (C=O) groups is 1. The smallest absolute Gasteiger partial charge is 0.416 e. The van der Waals surface area contributed by atoms with Gasteiger partial charge in [0.15, 0.2) is 6.10 Å². The van der Waals surface area contributed by atoms with Gasteiger partial charge >= 0.3 is 12.2 Å². The summed E-state index contributed by atoms with van der Waals surface area (Å²) in [7, 11) is 0. The second kappa shape index (κ2) is 9.36. The van der Waals surface area contributed by atoms with E-state index in [0.717, 1.165) is 4.90 Å². The second-order valence-electron chi connectivity index (χ2n) is 5.82. The molecule has 2 amide bonds. The van der Waals surface area contributed by atoms with Gasteiger partial charge in [-0.05, 0) is 36.8 Å². The summed E-state index contributed by atoms with van der Waals surface area (Å²) in [6, 6.07) is 7.98. The Kier molecular flexibility index (Phi) is 7.16. The van der Waals surface area contributed by atoms with Crippen molar-refractivity contribution < 1.29 is 32.2 Å². The maximum absolute atomic E-state index is 13.1. The Balaban J connectivity index is 1.90. The van der Waals surface area contributed by atoms with Crippen molar-refractivity contribution in [3.8, 4) is 5.75 Å². The highest BCUT2D eigenvalue weighted by molar-refractivity contribution is 5.88. The zero-order chi connectivity index (χ0) is 20.7. The van der Waals surface area contributed by atoms with E-state index in [1.165, 1.54) is 37.4 Å². The fourth-order valence-corrected chi connectivity index (χ4v) is 2.19. The summed E-state index contributed by atoms with van der Waals surface area (Å²) in [5.74, 6) is 0.0820. The monoisotopic (exact) mass is 401 g/mol. The second-order valence-corrected chi connectivity index (χ2v) is 5.82. The minimum atomic E-state index is -4.81. The molecule has 0 saturated carbocycles. The number of halogens is 4. The van der Waals surface area contributed by atoms with E-state index in [9.17, 15) is 22.4 Å². The normalized spacial score (nSPS) is 12.4. The molecule has 2 rings (SSSR count). The van der Waals surface area contributed by atoms with Crippen LogP contribution in [0.25, 0.3) is 0 Å². The van der Waals surface area contributed by atoms with Gasteiger partial charge in [0.05, 0.1) is 12.7 Å². The molecule has 0 radical (unpaired) electrons. The van der Waals surface area contributed by atoms with Crippen molar-refractivity contribution in [1.82, 2.24) is 9.88 Å². The summed E-state index contributed by atoms with van der Waals surface area (Å²) >= 11 is 0. The Labute approximate surface area is 158 Å². The molecule has 1 aromatic heterocycles. The van der Waals surface area contributed by atoms with Crippen molar-refractivity contribution in [1.29, 1.82) is 0 Å². The molecular weight excluding hydrogens is 382 g/mol. The van der Waals surface area contributed by atoms with Gasteiger partial charge < -0.3 is 14.7 Å². The maximum atomic E-state index is 13.1. The number of aromatic nitrogens is 1. The molecule has 0 fully saturated rings. The van der Waals surface area contributed by atoms with E-state index in [0.29, 0.717) is 11.3 Å². The van der Waals surface area contributed by atoms with Gasteiger partial charge in [-0.25, -0.2) is 14.2 Å².